The highest BCUT2D eigenvalue weighted by atomic mass is 35.5. The van der Waals surface area contributed by atoms with Crippen molar-refractivity contribution in [2.75, 3.05) is 6.54 Å². The Morgan fingerprint density at radius 3 is 2.84 bits per heavy atom. The van der Waals surface area contributed by atoms with Crippen LogP contribution in [0.2, 0.25) is 10.0 Å². The number of hydrogen-bond acceptors (Lipinski definition) is 2. The molecule has 2 unspecified atom stereocenters. The van der Waals surface area contributed by atoms with Gasteiger partial charge < -0.3 is 5.11 Å². The van der Waals surface area contributed by atoms with Crippen LogP contribution in [0.3, 0.4) is 0 Å². The first-order valence-electron chi connectivity index (χ1n) is 6.38. The largest absolute Gasteiger partial charge is 0.481 e. The molecule has 1 saturated heterocycles. The van der Waals surface area contributed by atoms with E-state index in [-0.39, 0.29) is 5.92 Å². The van der Waals surface area contributed by atoms with Crippen LogP contribution in [-0.2, 0) is 11.3 Å². The second kappa shape index (κ2) is 6.12. The molecule has 1 aliphatic rings. The van der Waals surface area contributed by atoms with Gasteiger partial charge in [-0.2, -0.15) is 0 Å². The van der Waals surface area contributed by atoms with E-state index in [1.165, 1.54) is 0 Å². The summed E-state index contributed by atoms with van der Waals surface area (Å²) in [7, 11) is 0. The fourth-order valence-electron chi connectivity index (χ4n) is 2.48. The number of carbonyl (C=O) groups is 1. The number of halogens is 2. The zero-order valence-corrected chi connectivity index (χ0v) is 12.3. The minimum Gasteiger partial charge on any atom is -0.481 e. The van der Waals surface area contributed by atoms with Crippen molar-refractivity contribution in [3.8, 4) is 0 Å². The van der Waals surface area contributed by atoms with Crippen LogP contribution in [0, 0.1) is 5.92 Å². The van der Waals surface area contributed by atoms with E-state index in [0.29, 0.717) is 29.2 Å². The maximum atomic E-state index is 11.1. The molecule has 3 nitrogen and oxygen atoms in total. The van der Waals surface area contributed by atoms with E-state index in [4.69, 9.17) is 28.3 Å². The second-order valence-corrected chi connectivity index (χ2v) is 5.97. The zero-order valence-electron chi connectivity index (χ0n) is 10.8. The number of carboxylic acids is 1. The highest BCUT2D eigenvalue weighted by molar-refractivity contribution is 6.33. The smallest absolute Gasteiger partial charge is 0.307 e. The van der Waals surface area contributed by atoms with Gasteiger partial charge in [0.25, 0.3) is 0 Å². The minimum atomic E-state index is -0.714. The number of aliphatic carboxylic acids is 1. The molecule has 0 bridgehead atoms. The van der Waals surface area contributed by atoms with Gasteiger partial charge in [0.1, 0.15) is 0 Å². The van der Waals surface area contributed by atoms with E-state index in [1.54, 1.807) is 12.1 Å². The molecule has 2 atom stereocenters. The molecule has 1 aliphatic heterocycles. The van der Waals surface area contributed by atoms with Crippen molar-refractivity contribution in [3.63, 3.8) is 0 Å². The second-order valence-electron chi connectivity index (χ2n) is 5.13. The van der Waals surface area contributed by atoms with Crippen LogP contribution in [-0.4, -0.2) is 28.6 Å². The average molecular weight is 302 g/mol. The van der Waals surface area contributed by atoms with Crippen molar-refractivity contribution in [1.29, 1.82) is 0 Å². The summed E-state index contributed by atoms with van der Waals surface area (Å²) in [6.07, 6.45) is 1.64. The Labute approximate surface area is 123 Å². The van der Waals surface area contributed by atoms with Crippen molar-refractivity contribution < 1.29 is 9.90 Å². The molecule has 5 heteroatoms. The molecule has 0 spiro atoms. The summed E-state index contributed by atoms with van der Waals surface area (Å²) >= 11 is 12.1. The Morgan fingerprint density at radius 2 is 2.16 bits per heavy atom. The monoisotopic (exact) mass is 301 g/mol. The Bertz CT molecular complexity index is 479. The van der Waals surface area contributed by atoms with Gasteiger partial charge in [0.15, 0.2) is 0 Å². The van der Waals surface area contributed by atoms with E-state index in [9.17, 15) is 4.79 Å². The first kappa shape index (κ1) is 14.6. The molecule has 0 amide bonds. The van der Waals surface area contributed by atoms with Crippen LogP contribution in [0.15, 0.2) is 18.2 Å². The van der Waals surface area contributed by atoms with E-state index < -0.39 is 5.97 Å². The fraction of sp³-hybridized carbons (Fsp3) is 0.500. The molecule has 0 aromatic heterocycles. The molecule has 1 N–H and O–H groups in total. The molecule has 1 aromatic rings. The molecule has 0 radical (unpaired) electrons. The molecule has 19 heavy (non-hydrogen) atoms. The first-order chi connectivity index (χ1) is 8.97. The highest BCUT2D eigenvalue weighted by Crippen LogP contribution is 2.27. The summed E-state index contributed by atoms with van der Waals surface area (Å²) in [5.41, 5.74) is 0.951. The maximum absolute atomic E-state index is 11.1. The lowest BCUT2D eigenvalue weighted by Crippen LogP contribution is -2.43. The topological polar surface area (TPSA) is 40.5 Å². The number of carboxylic acid groups (broad SMARTS) is 1. The number of benzene rings is 1. The summed E-state index contributed by atoms with van der Waals surface area (Å²) in [6.45, 7) is 3.33. The van der Waals surface area contributed by atoms with Crippen molar-refractivity contribution in [2.24, 2.45) is 5.92 Å². The van der Waals surface area contributed by atoms with Gasteiger partial charge in [-0.3, -0.25) is 9.69 Å². The molecule has 1 heterocycles. The summed E-state index contributed by atoms with van der Waals surface area (Å²) in [4.78, 5) is 13.3. The molecule has 104 valence electrons. The van der Waals surface area contributed by atoms with E-state index in [0.717, 1.165) is 18.4 Å². The quantitative estimate of drug-likeness (QED) is 0.926. The highest BCUT2D eigenvalue weighted by Gasteiger charge is 2.29. The van der Waals surface area contributed by atoms with Crippen molar-refractivity contribution in [3.05, 3.63) is 33.8 Å². The first-order valence-corrected chi connectivity index (χ1v) is 7.13. The van der Waals surface area contributed by atoms with Gasteiger partial charge in [-0.1, -0.05) is 23.2 Å². The van der Waals surface area contributed by atoms with Gasteiger partial charge >= 0.3 is 5.97 Å². The lowest BCUT2D eigenvalue weighted by molar-refractivity contribution is -0.144. The number of likely N-dealkylation sites (tertiary alicyclic amines) is 1. The zero-order chi connectivity index (χ0) is 14.0. The molecule has 0 aliphatic carbocycles. The van der Waals surface area contributed by atoms with Crippen LogP contribution in [0.4, 0.5) is 0 Å². The lowest BCUT2D eigenvalue weighted by Gasteiger charge is -2.36. The SMILES string of the molecule is CC1CCC(C(=O)O)CN1Cc1cc(Cl)ccc1Cl. The van der Waals surface area contributed by atoms with E-state index in [2.05, 4.69) is 11.8 Å². The van der Waals surface area contributed by atoms with Gasteiger partial charge in [-0.15, -0.1) is 0 Å². The number of piperidine rings is 1. The van der Waals surface area contributed by atoms with Crippen molar-refractivity contribution in [1.82, 2.24) is 4.90 Å². The van der Waals surface area contributed by atoms with Gasteiger partial charge in [-0.25, -0.2) is 0 Å². The summed E-state index contributed by atoms with van der Waals surface area (Å²) < 4.78 is 0. The third-order valence-corrected chi connectivity index (χ3v) is 4.35. The van der Waals surface area contributed by atoms with Gasteiger partial charge in [-0.05, 0) is 43.5 Å². The standard InChI is InChI=1S/C14H17Cl2NO2/c1-9-2-3-10(14(18)19)7-17(9)8-11-6-12(15)4-5-13(11)16/h4-6,9-10H,2-3,7-8H2,1H3,(H,18,19). The average Bonchev–Trinajstić information content (AvgIpc) is 2.36. The lowest BCUT2D eigenvalue weighted by atomic mass is 9.93. The van der Waals surface area contributed by atoms with Gasteiger partial charge in [0.05, 0.1) is 5.92 Å². The Kier molecular flexibility index (Phi) is 4.71. The summed E-state index contributed by atoms with van der Waals surface area (Å²) in [5.74, 6) is -0.997. The number of rotatable bonds is 3. The number of nitrogens with zero attached hydrogens (tertiary/aromatic N) is 1. The molecule has 2 rings (SSSR count). The molecule has 1 aromatic carbocycles. The Hall–Kier alpha value is -0.770. The minimum absolute atomic E-state index is 0.283. The van der Waals surface area contributed by atoms with Crippen LogP contribution >= 0.6 is 23.2 Å². The van der Waals surface area contributed by atoms with Gasteiger partial charge in [0.2, 0.25) is 0 Å². The van der Waals surface area contributed by atoms with Crippen LogP contribution < -0.4 is 0 Å². The predicted molar refractivity (Wildman–Crippen MR) is 76.7 cm³/mol. The summed E-state index contributed by atoms with van der Waals surface area (Å²) in [5, 5.41) is 10.5. The third-order valence-electron chi connectivity index (χ3n) is 3.74. The Morgan fingerprint density at radius 1 is 1.42 bits per heavy atom. The van der Waals surface area contributed by atoms with Crippen molar-refractivity contribution in [2.45, 2.75) is 32.4 Å². The normalized spacial score (nSPS) is 24.4. The Balaban J connectivity index is 2.12. The third kappa shape index (κ3) is 3.62. The van der Waals surface area contributed by atoms with Crippen LogP contribution in [0.25, 0.3) is 0 Å². The van der Waals surface area contributed by atoms with Crippen LogP contribution in [0.1, 0.15) is 25.3 Å². The van der Waals surface area contributed by atoms with Crippen molar-refractivity contribution >= 4 is 29.2 Å². The maximum Gasteiger partial charge on any atom is 0.307 e. The predicted octanol–water partition coefficient (Wildman–Crippen LogP) is 3.68. The molecular weight excluding hydrogens is 285 g/mol. The number of hydrogen-bond donors (Lipinski definition) is 1. The molecular formula is C14H17Cl2NO2. The fourth-order valence-corrected chi connectivity index (χ4v) is 2.86. The molecule has 0 saturated carbocycles. The summed E-state index contributed by atoms with van der Waals surface area (Å²) in [6, 6.07) is 5.75. The van der Waals surface area contributed by atoms with E-state index >= 15 is 0 Å². The molecule has 1 fully saturated rings. The van der Waals surface area contributed by atoms with E-state index in [1.807, 2.05) is 6.07 Å². The van der Waals surface area contributed by atoms with Gasteiger partial charge in [0, 0.05) is 29.2 Å². The van der Waals surface area contributed by atoms with Crippen LogP contribution in [0.5, 0.6) is 0 Å².